The Balaban J connectivity index is 1.79. The lowest BCUT2D eigenvalue weighted by Crippen LogP contribution is -2.38. The average Bonchev–Trinajstić information content (AvgIpc) is 2.66. The van der Waals surface area contributed by atoms with Crippen LogP contribution < -0.4 is 10.6 Å². The molecule has 110 valence electrons. The van der Waals surface area contributed by atoms with Gasteiger partial charge in [0.25, 0.3) is 0 Å². The molecule has 0 bridgehead atoms. The summed E-state index contributed by atoms with van der Waals surface area (Å²) in [6.07, 6.45) is 7.29. The number of hydrogen-bond donors (Lipinski definition) is 2. The fourth-order valence-electron chi connectivity index (χ4n) is 2.51. The summed E-state index contributed by atoms with van der Waals surface area (Å²) in [6, 6.07) is 5.97. The second-order valence-electron chi connectivity index (χ2n) is 5.23. The van der Waals surface area contributed by atoms with Crippen molar-refractivity contribution in [3.63, 3.8) is 0 Å². The Hall–Kier alpha value is -0.490. The molecular weight excluding hydrogens is 387 g/mol. The number of halogens is 2. The predicted octanol–water partition coefficient (Wildman–Crippen LogP) is 4.20. The summed E-state index contributed by atoms with van der Waals surface area (Å²) in [7, 11) is 0. The van der Waals surface area contributed by atoms with E-state index < -0.39 is 0 Å². The van der Waals surface area contributed by atoms with Gasteiger partial charge in [0, 0.05) is 20.3 Å². The average molecular weight is 407 g/mol. The minimum atomic E-state index is 0.0719. The molecule has 1 aromatic rings. The van der Waals surface area contributed by atoms with Crippen molar-refractivity contribution in [2.45, 2.75) is 44.6 Å². The Kier molecular flexibility index (Phi) is 6.42. The number of amides is 1. The summed E-state index contributed by atoms with van der Waals surface area (Å²) in [5, 5.41) is 7.01. The zero-order chi connectivity index (χ0) is 14.4. The van der Waals surface area contributed by atoms with Gasteiger partial charge in [0.1, 0.15) is 0 Å². The molecule has 20 heavy (non-hydrogen) atoms. The molecule has 0 saturated heterocycles. The Morgan fingerprint density at radius 1 is 1.25 bits per heavy atom. The Bertz CT molecular complexity index is 459. The SMILES string of the molecule is O=C(CNc1ccc(Cl)cc1I)NC1CCCCCC1. The molecule has 2 N–H and O–H groups in total. The standard InChI is InChI=1S/C15H20ClIN2O/c16-11-7-8-14(13(17)9-11)18-10-15(20)19-12-5-3-1-2-4-6-12/h7-9,12,18H,1-6,10H2,(H,19,20). The zero-order valence-corrected chi connectivity index (χ0v) is 14.3. The molecule has 1 aliphatic rings. The summed E-state index contributed by atoms with van der Waals surface area (Å²) in [5.74, 6) is 0.0719. The van der Waals surface area contributed by atoms with Gasteiger partial charge in [-0.25, -0.2) is 0 Å². The van der Waals surface area contributed by atoms with E-state index in [0.717, 1.165) is 22.1 Å². The molecule has 0 atom stereocenters. The first kappa shape index (κ1) is 15.9. The number of anilines is 1. The van der Waals surface area contributed by atoms with E-state index in [0.29, 0.717) is 17.6 Å². The number of benzene rings is 1. The maximum atomic E-state index is 12.0. The smallest absolute Gasteiger partial charge is 0.239 e. The van der Waals surface area contributed by atoms with Crippen molar-refractivity contribution in [1.29, 1.82) is 0 Å². The van der Waals surface area contributed by atoms with Crippen LogP contribution in [-0.2, 0) is 4.79 Å². The van der Waals surface area contributed by atoms with Crippen LogP contribution in [-0.4, -0.2) is 18.5 Å². The lowest BCUT2D eigenvalue weighted by Gasteiger charge is -2.17. The van der Waals surface area contributed by atoms with E-state index >= 15 is 0 Å². The van der Waals surface area contributed by atoms with Crippen LogP contribution in [0.4, 0.5) is 5.69 Å². The Morgan fingerprint density at radius 2 is 1.95 bits per heavy atom. The quantitative estimate of drug-likeness (QED) is 0.581. The van der Waals surface area contributed by atoms with Crippen LogP contribution in [0.2, 0.25) is 5.02 Å². The van der Waals surface area contributed by atoms with Crippen molar-refractivity contribution in [3.8, 4) is 0 Å². The first-order valence-corrected chi connectivity index (χ1v) is 8.59. The molecule has 1 saturated carbocycles. The van der Waals surface area contributed by atoms with Crippen LogP contribution in [0.1, 0.15) is 38.5 Å². The van der Waals surface area contributed by atoms with E-state index in [4.69, 9.17) is 11.6 Å². The molecule has 3 nitrogen and oxygen atoms in total. The third kappa shape index (κ3) is 5.13. The number of nitrogens with one attached hydrogen (secondary N) is 2. The van der Waals surface area contributed by atoms with Gasteiger partial charge in [0.15, 0.2) is 0 Å². The topological polar surface area (TPSA) is 41.1 Å². The van der Waals surface area contributed by atoms with Gasteiger partial charge in [-0.15, -0.1) is 0 Å². The van der Waals surface area contributed by atoms with E-state index in [-0.39, 0.29) is 5.91 Å². The van der Waals surface area contributed by atoms with Crippen LogP contribution in [0, 0.1) is 3.57 Å². The molecule has 0 unspecified atom stereocenters. The van der Waals surface area contributed by atoms with E-state index in [2.05, 4.69) is 33.2 Å². The fourth-order valence-corrected chi connectivity index (χ4v) is 3.57. The predicted molar refractivity (Wildman–Crippen MR) is 92.3 cm³/mol. The van der Waals surface area contributed by atoms with Crippen LogP contribution in [0.15, 0.2) is 18.2 Å². The largest absolute Gasteiger partial charge is 0.375 e. The van der Waals surface area contributed by atoms with Gasteiger partial charge >= 0.3 is 0 Å². The van der Waals surface area contributed by atoms with E-state index in [1.54, 1.807) is 0 Å². The molecule has 1 fully saturated rings. The maximum Gasteiger partial charge on any atom is 0.239 e. The van der Waals surface area contributed by atoms with Crippen molar-refractivity contribution in [3.05, 3.63) is 26.8 Å². The Labute approximate surface area is 139 Å². The molecule has 5 heteroatoms. The first-order chi connectivity index (χ1) is 9.65. The molecule has 0 spiro atoms. The van der Waals surface area contributed by atoms with E-state index in [1.807, 2.05) is 18.2 Å². The monoisotopic (exact) mass is 406 g/mol. The van der Waals surface area contributed by atoms with Crippen molar-refractivity contribution in [1.82, 2.24) is 5.32 Å². The number of hydrogen-bond acceptors (Lipinski definition) is 2. The molecule has 1 aliphatic carbocycles. The van der Waals surface area contributed by atoms with Crippen LogP contribution in [0.25, 0.3) is 0 Å². The van der Waals surface area contributed by atoms with Crippen LogP contribution in [0.3, 0.4) is 0 Å². The fraction of sp³-hybridized carbons (Fsp3) is 0.533. The maximum absolute atomic E-state index is 12.0. The third-order valence-electron chi connectivity index (χ3n) is 3.59. The molecule has 0 aromatic heterocycles. The second kappa shape index (κ2) is 8.08. The second-order valence-corrected chi connectivity index (χ2v) is 6.83. The summed E-state index contributed by atoms with van der Waals surface area (Å²) in [4.78, 5) is 12.0. The summed E-state index contributed by atoms with van der Waals surface area (Å²) in [6.45, 7) is 0.314. The van der Waals surface area contributed by atoms with Gasteiger partial charge in [0.2, 0.25) is 5.91 Å². The minimum absolute atomic E-state index is 0.0719. The van der Waals surface area contributed by atoms with Gasteiger partial charge in [-0.2, -0.15) is 0 Å². The molecule has 0 aliphatic heterocycles. The van der Waals surface area contributed by atoms with Gasteiger partial charge < -0.3 is 10.6 Å². The minimum Gasteiger partial charge on any atom is -0.375 e. The first-order valence-electron chi connectivity index (χ1n) is 7.13. The lowest BCUT2D eigenvalue weighted by molar-refractivity contribution is -0.120. The van der Waals surface area contributed by atoms with E-state index in [9.17, 15) is 4.79 Å². The Morgan fingerprint density at radius 3 is 2.60 bits per heavy atom. The number of rotatable bonds is 4. The molecule has 0 radical (unpaired) electrons. The van der Waals surface area contributed by atoms with Crippen molar-refractivity contribution in [2.24, 2.45) is 0 Å². The molecule has 0 heterocycles. The zero-order valence-electron chi connectivity index (χ0n) is 11.4. The highest BCUT2D eigenvalue weighted by molar-refractivity contribution is 14.1. The normalized spacial score (nSPS) is 16.5. The van der Waals surface area contributed by atoms with Gasteiger partial charge in [0.05, 0.1) is 6.54 Å². The van der Waals surface area contributed by atoms with Crippen LogP contribution >= 0.6 is 34.2 Å². The highest BCUT2D eigenvalue weighted by Crippen LogP contribution is 2.22. The highest BCUT2D eigenvalue weighted by atomic mass is 127. The van der Waals surface area contributed by atoms with Gasteiger partial charge in [-0.1, -0.05) is 37.3 Å². The molecule has 1 amide bonds. The van der Waals surface area contributed by atoms with Gasteiger partial charge in [-0.3, -0.25) is 4.79 Å². The van der Waals surface area contributed by atoms with Gasteiger partial charge in [-0.05, 0) is 53.6 Å². The molecule has 2 rings (SSSR count). The summed E-state index contributed by atoms with van der Waals surface area (Å²) in [5.41, 5.74) is 0.950. The lowest BCUT2D eigenvalue weighted by atomic mass is 10.1. The molecule has 1 aromatic carbocycles. The molecular formula is C15H20ClIN2O. The van der Waals surface area contributed by atoms with Crippen molar-refractivity contribution < 1.29 is 4.79 Å². The highest BCUT2D eigenvalue weighted by Gasteiger charge is 2.14. The third-order valence-corrected chi connectivity index (χ3v) is 4.72. The van der Waals surface area contributed by atoms with Crippen molar-refractivity contribution >= 4 is 45.8 Å². The number of carbonyl (C=O) groups is 1. The number of carbonyl (C=O) groups excluding carboxylic acids is 1. The summed E-state index contributed by atoms with van der Waals surface area (Å²) < 4.78 is 1.03. The van der Waals surface area contributed by atoms with E-state index in [1.165, 1.54) is 25.7 Å². The summed E-state index contributed by atoms with van der Waals surface area (Å²) >= 11 is 8.13. The van der Waals surface area contributed by atoms with Crippen molar-refractivity contribution in [2.75, 3.05) is 11.9 Å². The van der Waals surface area contributed by atoms with Crippen LogP contribution in [0.5, 0.6) is 0 Å².